The summed E-state index contributed by atoms with van der Waals surface area (Å²) in [5.41, 5.74) is 0. The number of hydrogen-bond donors (Lipinski definition) is 0. The Kier molecular flexibility index (Phi) is 35.8. The van der Waals surface area contributed by atoms with Crippen molar-refractivity contribution in [3.8, 4) is 0 Å². The summed E-state index contributed by atoms with van der Waals surface area (Å²) in [7, 11) is 0. The highest BCUT2D eigenvalue weighted by atomic mass is 16.6. The van der Waals surface area contributed by atoms with E-state index in [1.165, 1.54) is 25.7 Å². The summed E-state index contributed by atoms with van der Waals surface area (Å²) in [4.78, 5) is 37.4. The minimum Gasteiger partial charge on any atom is -0.462 e. The van der Waals surface area contributed by atoms with E-state index in [1.54, 1.807) is 0 Å². The molecule has 282 valence electrons. The molecule has 0 aliphatic carbocycles. The number of rotatable bonds is 33. The summed E-state index contributed by atoms with van der Waals surface area (Å²) in [6, 6.07) is 0. The smallest absolute Gasteiger partial charge is 0.306 e. The molecule has 0 aromatic heterocycles. The minimum atomic E-state index is -0.825. The van der Waals surface area contributed by atoms with E-state index in [0.717, 1.165) is 70.6 Å². The van der Waals surface area contributed by atoms with Crippen LogP contribution in [-0.4, -0.2) is 37.2 Å². The molecule has 0 saturated carbocycles. The van der Waals surface area contributed by atoms with Crippen LogP contribution in [0.4, 0.5) is 0 Å². The molecular weight excluding hydrogens is 624 g/mol. The number of allylic oxidation sites excluding steroid dienone is 14. The van der Waals surface area contributed by atoms with Gasteiger partial charge in [-0.2, -0.15) is 0 Å². The van der Waals surface area contributed by atoms with Gasteiger partial charge in [-0.05, 0) is 96.3 Å². The lowest BCUT2D eigenvalue weighted by atomic mass is 10.1. The van der Waals surface area contributed by atoms with Gasteiger partial charge in [0, 0.05) is 19.3 Å². The highest BCUT2D eigenvalue weighted by Crippen LogP contribution is 2.09. The molecule has 0 aliphatic rings. The van der Waals surface area contributed by atoms with Gasteiger partial charge in [-0.25, -0.2) is 0 Å². The molecule has 1 unspecified atom stereocenters. The number of carbonyl (C=O) groups is 3. The molecule has 0 aromatic rings. The normalized spacial score (nSPS) is 12.9. The second-order valence-corrected chi connectivity index (χ2v) is 12.4. The zero-order chi connectivity index (χ0) is 36.6. The second kappa shape index (κ2) is 38.4. The molecule has 0 bridgehead atoms. The molecule has 0 fully saturated rings. The fourth-order valence-corrected chi connectivity index (χ4v) is 4.71. The van der Waals surface area contributed by atoms with E-state index in [-0.39, 0.29) is 37.5 Å². The lowest BCUT2D eigenvalue weighted by molar-refractivity contribution is -0.167. The van der Waals surface area contributed by atoms with Gasteiger partial charge in [-0.1, -0.05) is 125 Å². The average Bonchev–Trinajstić information content (AvgIpc) is 3.11. The van der Waals surface area contributed by atoms with Crippen molar-refractivity contribution in [1.82, 2.24) is 0 Å². The van der Waals surface area contributed by atoms with Crippen LogP contribution in [0.2, 0.25) is 0 Å². The largest absolute Gasteiger partial charge is 0.462 e. The standard InChI is InChI=1S/C44H70O6/c1-4-7-10-13-16-19-21-23-25-28-31-34-37-43(46)49-40-41(39-48-42(45)36-33-30-27-24-18-15-12-9-6-3)50-44(47)38-35-32-29-26-22-20-17-14-11-8-5-2/h7-8,10-11,16-17,19-20,23-27,29,41H,4-6,9,12-15,18,21-22,28,30-40H2,1-3H3/b10-7-,11-8-,19-16-,20-17-,25-23-,27-24-,29-26-. The Morgan fingerprint density at radius 3 is 1.28 bits per heavy atom. The van der Waals surface area contributed by atoms with Crippen molar-refractivity contribution in [3.05, 3.63) is 85.1 Å². The number of esters is 3. The van der Waals surface area contributed by atoms with Crippen LogP contribution in [-0.2, 0) is 28.6 Å². The fourth-order valence-electron chi connectivity index (χ4n) is 4.71. The Morgan fingerprint density at radius 1 is 0.420 bits per heavy atom. The number of hydrogen-bond acceptors (Lipinski definition) is 6. The Labute approximate surface area is 305 Å². The quantitative estimate of drug-likeness (QED) is 0.0294. The average molecular weight is 695 g/mol. The van der Waals surface area contributed by atoms with Crippen LogP contribution in [0.3, 0.4) is 0 Å². The van der Waals surface area contributed by atoms with Gasteiger partial charge in [-0.15, -0.1) is 0 Å². The predicted molar refractivity (Wildman–Crippen MR) is 210 cm³/mol. The maximum absolute atomic E-state index is 12.6. The van der Waals surface area contributed by atoms with E-state index >= 15 is 0 Å². The van der Waals surface area contributed by atoms with Crippen molar-refractivity contribution in [2.45, 2.75) is 162 Å². The van der Waals surface area contributed by atoms with Crippen molar-refractivity contribution in [1.29, 1.82) is 0 Å². The van der Waals surface area contributed by atoms with Crippen molar-refractivity contribution in [3.63, 3.8) is 0 Å². The fraction of sp³-hybridized carbons (Fsp3) is 0.614. The predicted octanol–water partition coefficient (Wildman–Crippen LogP) is 12.1. The molecule has 50 heavy (non-hydrogen) atoms. The first-order valence-corrected chi connectivity index (χ1v) is 19.6. The molecule has 0 rings (SSSR count). The summed E-state index contributed by atoms with van der Waals surface area (Å²) in [5.74, 6) is -1.07. The van der Waals surface area contributed by atoms with Crippen molar-refractivity contribution >= 4 is 17.9 Å². The van der Waals surface area contributed by atoms with Gasteiger partial charge >= 0.3 is 17.9 Å². The lowest BCUT2D eigenvalue weighted by Gasteiger charge is -2.18. The molecule has 0 heterocycles. The summed E-state index contributed by atoms with van der Waals surface area (Å²) in [6.07, 6.45) is 47.4. The Morgan fingerprint density at radius 2 is 0.800 bits per heavy atom. The maximum atomic E-state index is 12.6. The van der Waals surface area contributed by atoms with Gasteiger partial charge in [0.2, 0.25) is 0 Å². The van der Waals surface area contributed by atoms with Gasteiger partial charge in [0.25, 0.3) is 0 Å². The molecule has 0 amide bonds. The third-order valence-corrected chi connectivity index (χ3v) is 7.61. The molecular formula is C44H70O6. The molecule has 6 nitrogen and oxygen atoms in total. The lowest BCUT2D eigenvalue weighted by Crippen LogP contribution is -2.30. The third kappa shape index (κ3) is 35.9. The van der Waals surface area contributed by atoms with E-state index in [2.05, 4.69) is 106 Å². The Balaban J connectivity index is 4.57. The van der Waals surface area contributed by atoms with Crippen LogP contribution < -0.4 is 0 Å². The van der Waals surface area contributed by atoms with Crippen LogP contribution in [0.25, 0.3) is 0 Å². The monoisotopic (exact) mass is 695 g/mol. The van der Waals surface area contributed by atoms with E-state index in [4.69, 9.17) is 14.2 Å². The first kappa shape index (κ1) is 46.6. The van der Waals surface area contributed by atoms with E-state index < -0.39 is 6.10 Å². The zero-order valence-corrected chi connectivity index (χ0v) is 31.9. The number of ether oxygens (including phenoxy) is 3. The van der Waals surface area contributed by atoms with Gasteiger partial charge in [0.05, 0.1) is 0 Å². The molecule has 0 aromatic carbocycles. The van der Waals surface area contributed by atoms with E-state index in [0.29, 0.717) is 32.1 Å². The van der Waals surface area contributed by atoms with Crippen LogP contribution in [0, 0.1) is 0 Å². The van der Waals surface area contributed by atoms with Gasteiger partial charge in [0.15, 0.2) is 6.10 Å². The summed E-state index contributed by atoms with van der Waals surface area (Å²) >= 11 is 0. The van der Waals surface area contributed by atoms with Crippen molar-refractivity contribution in [2.24, 2.45) is 0 Å². The second-order valence-electron chi connectivity index (χ2n) is 12.4. The maximum Gasteiger partial charge on any atom is 0.306 e. The van der Waals surface area contributed by atoms with Crippen LogP contribution in [0.15, 0.2) is 85.1 Å². The highest BCUT2D eigenvalue weighted by Gasteiger charge is 2.19. The number of carbonyl (C=O) groups excluding carboxylic acids is 3. The van der Waals surface area contributed by atoms with Gasteiger partial charge < -0.3 is 14.2 Å². The molecule has 1 atom stereocenters. The Bertz CT molecular complexity index is 1030. The number of unbranched alkanes of at least 4 members (excludes halogenated alkanes) is 8. The molecule has 0 aliphatic heterocycles. The van der Waals surface area contributed by atoms with Crippen LogP contribution in [0.1, 0.15) is 156 Å². The van der Waals surface area contributed by atoms with Gasteiger partial charge in [-0.3, -0.25) is 14.4 Å². The van der Waals surface area contributed by atoms with E-state index in [9.17, 15) is 14.4 Å². The van der Waals surface area contributed by atoms with E-state index in [1.807, 2.05) is 0 Å². The molecule has 6 heteroatoms. The minimum absolute atomic E-state index is 0.126. The topological polar surface area (TPSA) is 78.9 Å². The highest BCUT2D eigenvalue weighted by molar-refractivity contribution is 5.71. The van der Waals surface area contributed by atoms with Crippen molar-refractivity contribution < 1.29 is 28.6 Å². The van der Waals surface area contributed by atoms with Crippen LogP contribution >= 0.6 is 0 Å². The summed E-state index contributed by atoms with van der Waals surface area (Å²) < 4.78 is 16.5. The Hall–Kier alpha value is -3.41. The third-order valence-electron chi connectivity index (χ3n) is 7.61. The summed E-state index contributed by atoms with van der Waals surface area (Å²) in [6.45, 7) is 6.21. The zero-order valence-electron chi connectivity index (χ0n) is 31.9. The van der Waals surface area contributed by atoms with Crippen molar-refractivity contribution in [2.75, 3.05) is 13.2 Å². The first-order chi connectivity index (χ1) is 24.5. The SMILES string of the molecule is CC/C=C\C/C=C\C/C=C\CCCCC(=O)OCC(COC(=O)CCC/C=C\CCCCCC)OC(=O)CCC/C=C\C/C=C\C/C=C\CC. The molecule has 0 spiro atoms. The molecule has 0 saturated heterocycles. The molecule has 0 radical (unpaired) electrons. The molecule has 0 N–H and O–H groups in total. The summed E-state index contributed by atoms with van der Waals surface area (Å²) in [5, 5.41) is 0. The van der Waals surface area contributed by atoms with Crippen LogP contribution in [0.5, 0.6) is 0 Å². The first-order valence-electron chi connectivity index (χ1n) is 19.6. The van der Waals surface area contributed by atoms with Gasteiger partial charge in [0.1, 0.15) is 13.2 Å².